The van der Waals surface area contributed by atoms with Gasteiger partial charge in [-0.3, -0.25) is 4.79 Å². The molecule has 0 amide bonds. The first-order valence-electron chi connectivity index (χ1n) is 6.25. The van der Waals surface area contributed by atoms with E-state index in [-0.39, 0.29) is 39.1 Å². The van der Waals surface area contributed by atoms with Crippen molar-refractivity contribution in [1.82, 2.24) is 0 Å². The fraction of sp³-hybridized carbons (Fsp3) is 0.667. The third-order valence-electron chi connectivity index (χ3n) is 2.28. The molecule has 22 heavy (non-hydrogen) atoms. The summed E-state index contributed by atoms with van der Waals surface area (Å²) in [5, 5.41) is 9.65. The lowest BCUT2D eigenvalue weighted by atomic mass is 10.1. The van der Waals surface area contributed by atoms with Crippen LogP contribution in [-0.4, -0.2) is 68.0 Å². The van der Waals surface area contributed by atoms with Crippen LogP contribution in [0.1, 0.15) is 12.8 Å². The van der Waals surface area contributed by atoms with E-state index < -0.39 is 18.3 Å². The molecule has 10 heteroatoms. The molecule has 120 valence electrons. The Kier molecular flexibility index (Phi) is 12.0. The molecule has 0 aliphatic rings. The van der Waals surface area contributed by atoms with Crippen molar-refractivity contribution in [1.29, 1.82) is 0 Å². The van der Waals surface area contributed by atoms with Crippen LogP contribution in [0.4, 0.5) is 0 Å². The molecule has 0 heterocycles. The van der Waals surface area contributed by atoms with E-state index in [1.807, 2.05) is 0 Å². The third kappa shape index (κ3) is 10.3. The van der Waals surface area contributed by atoms with Crippen molar-refractivity contribution in [2.75, 3.05) is 26.3 Å². The smallest absolute Gasteiger partial charge is 0.305 e. The number of esters is 1. The van der Waals surface area contributed by atoms with Gasteiger partial charge in [-0.25, -0.2) is 24.4 Å². The summed E-state index contributed by atoms with van der Waals surface area (Å²) >= 11 is 0. The Morgan fingerprint density at radius 2 is 1.68 bits per heavy atom. The van der Waals surface area contributed by atoms with Gasteiger partial charge in [0.15, 0.2) is 6.29 Å². The van der Waals surface area contributed by atoms with Gasteiger partial charge in [0.1, 0.15) is 12.6 Å². The number of ether oxygens (including phenoxy) is 2. The summed E-state index contributed by atoms with van der Waals surface area (Å²) in [6.07, 6.45) is 2.28. The quantitative estimate of drug-likeness (QED) is 0.160. The molecule has 0 aliphatic carbocycles. The van der Waals surface area contributed by atoms with Gasteiger partial charge in [0.05, 0.1) is 19.7 Å². The van der Waals surface area contributed by atoms with Crippen molar-refractivity contribution < 1.29 is 33.8 Å². The van der Waals surface area contributed by atoms with Gasteiger partial charge in [-0.2, -0.15) is 4.99 Å². The second-order valence-electron chi connectivity index (χ2n) is 3.75. The number of isocyanates is 3. The van der Waals surface area contributed by atoms with Crippen molar-refractivity contribution in [3.05, 3.63) is 0 Å². The first-order valence-corrected chi connectivity index (χ1v) is 6.25. The molecular weight excluding hydrogens is 298 g/mol. The number of rotatable bonds is 12. The summed E-state index contributed by atoms with van der Waals surface area (Å²) in [6, 6.07) is -1.00. The zero-order chi connectivity index (χ0) is 16.6. The first-order chi connectivity index (χ1) is 10.7. The van der Waals surface area contributed by atoms with E-state index in [1.54, 1.807) is 0 Å². The molecule has 0 bridgehead atoms. The van der Waals surface area contributed by atoms with E-state index in [4.69, 9.17) is 9.47 Å². The average molecular weight is 313 g/mol. The van der Waals surface area contributed by atoms with E-state index in [0.717, 1.165) is 0 Å². The number of aliphatic hydroxyl groups is 1. The SMILES string of the molecule is O=C=NCCOC(=O)CCC(N=C=O)C(O)OCCN=C=O. The number of carbonyl (C=O) groups excluding carboxylic acids is 4. The highest BCUT2D eigenvalue weighted by molar-refractivity contribution is 5.69. The van der Waals surface area contributed by atoms with E-state index in [0.29, 0.717) is 0 Å². The molecular formula is C12H15N3O7. The lowest BCUT2D eigenvalue weighted by Gasteiger charge is -2.17. The van der Waals surface area contributed by atoms with Gasteiger partial charge in [-0.15, -0.1) is 0 Å². The Morgan fingerprint density at radius 3 is 2.27 bits per heavy atom. The molecule has 0 rings (SSSR count). The molecule has 2 unspecified atom stereocenters. The topological polar surface area (TPSA) is 144 Å². The minimum Gasteiger partial charge on any atom is -0.464 e. The highest BCUT2D eigenvalue weighted by Crippen LogP contribution is 2.09. The summed E-state index contributed by atoms with van der Waals surface area (Å²) in [5.41, 5.74) is 0. The molecule has 0 spiro atoms. The van der Waals surface area contributed by atoms with Crippen molar-refractivity contribution in [3.63, 3.8) is 0 Å². The number of hydrogen-bond acceptors (Lipinski definition) is 10. The van der Waals surface area contributed by atoms with E-state index in [1.165, 1.54) is 18.2 Å². The van der Waals surface area contributed by atoms with Gasteiger partial charge in [-0.1, -0.05) is 0 Å². The maximum absolute atomic E-state index is 11.4. The molecule has 0 aromatic heterocycles. The van der Waals surface area contributed by atoms with Gasteiger partial charge in [0.25, 0.3) is 0 Å². The van der Waals surface area contributed by atoms with Gasteiger partial charge in [0, 0.05) is 6.42 Å². The Bertz CT molecular complexity index is 477. The van der Waals surface area contributed by atoms with Crippen LogP contribution in [0.5, 0.6) is 0 Å². The summed E-state index contributed by atoms with van der Waals surface area (Å²) < 4.78 is 9.64. The van der Waals surface area contributed by atoms with Gasteiger partial charge in [0.2, 0.25) is 18.2 Å². The molecule has 0 saturated heterocycles. The predicted octanol–water partition coefficient (Wildman–Crippen LogP) is -0.979. The zero-order valence-electron chi connectivity index (χ0n) is 11.6. The Labute approximate surface area is 125 Å². The molecule has 0 aromatic carbocycles. The molecule has 0 aliphatic heterocycles. The minimum atomic E-state index is -1.45. The standard InChI is InChI=1S/C12H15N3O7/c16-7-13-3-5-21-11(19)2-1-10(15-9-18)12(20)22-6-4-14-8-17/h10,12,20H,1-6H2. The van der Waals surface area contributed by atoms with Crippen LogP contribution in [0.3, 0.4) is 0 Å². The van der Waals surface area contributed by atoms with Crippen LogP contribution in [-0.2, 0) is 28.7 Å². The maximum atomic E-state index is 11.4. The number of hydrogen-bond donors (Lipinski definition) is 1. The normalized spacial score (nSPS) is 12.0. The fourth-order valence-corrected chi connectivity index (χ4v) is 1.30. The minimum absolute atomic E-state index is 0.00260. The highest BCUT2D eigenvalue weighted by Gasteiger charge is 2.20. The Morgan fingerprint density at radius 1 is 1.05 bits per heavy atom. The summed E-state index contributed by atoms with van der Waals surface area (Å²) in [4.78, 5) is 51.0. The number of aliphatic imine (C=N–C) groups is 3. The molecule has 0 fully saturated rings. The van der Waals surface area contributed by atoms with Crippen LogP contribution >= 0.6 is 0 Å². The monoisotopic (exact) mass is 313 g/mol. The first kappa shape index (κ1) is 19.5. The zero-order valence-corrected chi connectivity index (χ0v) is 11.6. The summed E-state index contributed by atoms with van der Waals surface area (Å²) in [6.45, 7) is -0.139. The van der Waals surface area contributed by atoms with Crippen LogP contribution in [0.25, 0.3) is 0 Å². The maximum Gasteiger partial charge on any atom is 0.305 e. The lowest BCUT2D eigenvalue weighted by molar-refractivity contribution is -0.144. The molecule has 1 N–H and O–H groups in total. The van der Waals surface area contributed by atoms with Crippen molar-refractivity contribution in [2.45, 2.75) is 25.2 Å². The van der Waals surface area contributed by atoms with Crippen LogP contribution < -0.4 is 0 Å². The van der Waals surface area contributed by atoms with E-state index in [9.17, 15) is 24.3 Å². The van der Waals surface area contributed by atoms with Gasteiger partial charge >= 0.3 is 5.97 Å². The molecule has 0 aromatic rings. The van der Waals surface area contributed by atoms with Crippen LogP contribution in [0, 0.1) is 0 Å². The number of carbonyl (C=O) groups is 1. The molecule has 0 radical (unpaired) electrons. The predicted molar refractivity (Wildman–Crippen MR) is 70.0 cm³/mol. The van der Waals surface area contributed by atoms with E-state index in [2.05, 4.69) is 15.0 Å². The number of nitrogens with zero attached hydrogens (tertiary/aromatic N) is 3. The highest BCUT2D eigenvalue weighted by atomic mass is 16.6. The van der Waals surface area contributed by atoms with Gasteiger partial charge in [-0.05, 0) is 6.42 Å². The molecule has 0 saturated carbocycles. The van der Waals surface area contributed by atoms with Crippen molar-refractivity contribution >= 4 is 24.2 Å². The van der Waals surface area contributed by atoms with Gasteiger partial charge < -0.3 is 14.6 Å². The lowest BCUT2D eigenvalue weighted by Crippen LogP contribution is -2.29. The Balaban J connectivity index is 4.16. The summed E-state index contributed by atoms with van der Waals surface area (Å²) in [7, 11) is 0. The average Bonchev–Trinajstić information content (AvgIpc) is 2.52. The Hall–Kier alpha value is -2.47. The summed E-state index contributed by atoms with van der Waals surface area (Å²) in [5.74, 6) is -0.607. The molecule has 10 nitrogen and oxygen atoms in total. The van der Waals surface area contributed by atoms with E-state index >= 15 is 0 Å². The fourth-order valence-electron chi connectivity index (χ4n) is 1.30. The third-order valence-corrected chi connectivity index (χ3v) is 2.28. The van der Waals surface area contributed by atoms with Crippen molar-refractivity contribution in [2.24, 2.45) is 15.0 Å². The van der Waals surface area contributed by atoms with Crippen LogP contribution in [0.2, 0.25) is 0 Å². The van der Waals surface area contributed by atoms with Crippen LogP contribution in [0.15, 0.2) is 15.0 Å². The number of aliphatic hydroxyl groups excluding tert-OH is 1. The largest absolute Gasteiger partial charge is 0.464 e. The molecule has 2 atom stereocenters. The second-order valence-corrected chi connectivity index (χ2v) is 3.75. The van der Waals surface area contributed by atoms with Crippen molar-refractivity contribution in [3.8, 4) is 0 Å². The second kappa shape index (κ2) is 13.5.